The maximum atomic E-state index is 13.6. The molecule has 0 spiro atoms. The highest BCUT2D eigenvalue weighted by Gasteiger charge is 2.51. The highest BCUT2D eigenvalue weighted by molar-refractivity contribution is 7.89. The number of fused-ring (bicyclic) bond motifs is 4. The molecule has 0 bridgehead atoms. The third-order valence-electron chi connectivity index (χ3n) is 9.19. The lowest BCUT2D eigenvalue weighted by Crippen LogP contribution is -2.53. The van der Waals surface area contributed by atoms with Crippen LogP contribution in [0.3, 0.4) is 0 Å². The third-order valence-corrected chi connectivity index (χ3v) is 10.7. The molecule has 2 aliphatic carbocycles. The summed E-state index contributed by atoms with van der Waals surface area (Å²) in [6.45, 7) is 9.71. The maximum Gasteiger partial charge on any atom is 0.241 e. The minimum absolute atomic E-state index is 0.0732. The molecule has 0 saturated heterocycles. The Balaban J connectivity index is 1.46. The van der Waals surface area contributed by atoms with E-state index < -0.39 is 10.0 Å². The first-order valence-electron chi connectivity index (χ1n) is 13.3. The second-order valence-corrected chi connectivity index (χ2v) is 13.5. The van der Waals surface area contributed by atoms with Gasteiger partial charge >= 0.3 is 0 Å². The van der Waals surface area contributed by atoms with Gasteiger partial charge in [-0.25, -0.2) is 13.1 Å². The number of sulfonamides is 1. The highest BCUT2D eigenvalue weighted by Crippen LogP contribution is 2.57. The molecule has 1 N–H and O–H groups in total. The Kier molecular flexibility index (Phi) is 6.45. The second-order valence-electron chi connectivity index (χ2n) is 11.7. The lowest BCUT2D eigenvalue weighted by molar-refractivity contribution is 0.0298. The molecule has 5 heteroatoms. The minimum atomic E-state index is -3.69. The standard InChI is InChI=1S/C31H39NO3S/c1-21(2)23-12-11-22-13-16-29-30(3,17-8-18-31(29,4)26(22)19-23)20-32-36(33,34)28-15-14-27(35-5)24-9-6-7-10-25(24)28/h6-7,9-12,14-15,19,21,29,32H,8,13,16-18,20H2,1-5H3/t29-,30+,31+/m0/s1. The summed E-state index contributed by atoms with van der Waals surface area (Å²) in [5.74, 6) is 1.62. The largest absolute Gasteiger partial charge is 0.496 e. The Morgan fingerprint density at radius 3 is 2.50 bits per heavy atom. The van der Waals surface area contributed by atoms with Crippen molar-refractivity contribution in [2.45, 2.75) is 76.0 Å². The van der Waals surface area contributed by atoms with E-state index in [9.17, 15) is 8.42 Å². The van der Waals surface area contributed by atoms with Crippen LogP contribution >= 0.6 is 0 Å². The first-order valence-corrected chi connectivity index (χ1v) is 14.8. The quantitative estimate of drug-likeness (QED) is 0.394. The van der Waals surface area contributed by atoms with Crippen molar-refractivity contribution in [1.82, 2.24) is 4.72 Å². The Morgan fingerprint density at radius 1 is 1.03 bits per heavy atom. The fraction of sp³-hybridized carbons (Fsp3) is 0.484. The number of benzene rings is 3. The number of rotatable bonds is 6. The van der Waals surface area contributed by atoms with Gasteiger partial charge < -0.3 is 4.74 Å². The molecule has 4 nitrogen and oxygen atoms in total. The molecular weight excluding hydrogens is 466 g/mol. The van der Waals surface area contributed by atoms with Gasteiger partial charge in [-0.1, -0.05) is 76.6 Å². The van der Waals surface area contributed by atoms with Crippen LogP contribution in [0.2, 0.25) is 0 Å². The number of ether oxygens (including phenoxy) is 1. The molecule has 3 atom stereocenters. The lowest BCUT2D eigenvalue weighted by atomic mass is 9.49. The molecule has 5 rings (SSSR count). The average Bonchev–Trinajstić information content (AvgIpc) is 2.86. The van der Waals surface area contributed by atoms with Crippen molar-refractivity contribution in [2.75, 3.05) is 13.7 Å². The van der Waals surface area contributed by atoms with Gasteiger partial charge in [0, 0.05) is 17.3 Å². The van der Waals surface area contributed by atoms with Crippen LogP contribution in [0, 0.1) is 11.3 Å². The maximum absolute atomic E-state index is 13.6. The van der Waals surface area contributed by atoms with Crippen molar-refractivity contribution in [1.29, 1.82) is 0 Å². The highest BCUT2D eigenvalue weighted by atomic mass is 32.2. The fourth-order valence-electron chi connectivity index (χ4n) is 7.17. The van der Waals surface area contributed by atoms with Gasteiger partial charge in [-0.3, -0.25) is 0 Å². The van der Waals surface area contributed by atoms with Gasteiger partial charge in [-0.2, -0.15) is 0 Å². The minimum Gasteiger partial charge on any atom is -0.496 e. The third kappa shape index (κ3) is 4.14. The predicted molar refractivity (Wildman–Crippen MR) is 147 cm³/mol. The molecule has 1 fully saturated rings. The van der Waals surface area contributed by atoms with Crippen LogP contribution in [0.1, 0.15) is 76.0 Å². The summed E-state index contributed by atoms with van der Waals surface area (Å²) >= 11 is 0. The molecule has 3 aromatic rings. The van der Waals surface area contributed by atoms with Crippen molar-refractivity contribution in [2.24, 2.45) is 11.3 Å². The molecule has 1 saturated carbocycles. The van der Waals surface area contributed by atoms with E-state index in [1.54, 1.807) is 19.2 Å². The summed E-state index contributed by atoms with van der Waals surface area (Å²) in [6.07, 6.45) is 5.49. The van der Waals surface area contributed by atoms with E-state index in [0.29, 0.717) is 34.4 Å². The number of hydrogen-bond acceptors (Lipinski definition) is 3. The summed E-state index contributed by atoms with van der Waals surface area (Å²) in [4.78, 5) is 0.316. The van der Waals surface area contributed by atoms with Crippen molar-refractivity contribution in [3.8, 4) is 5.75 Å². The normalized spacial score (nSPS) is 26.0. The molecule has 0 amide bonds. The van der Waals surface area contributed by atoms with E-state index in [4.69, 9.17) is 4.74 Å². The lowest BCUT2D eigenvalue weighted by Gasteiger charge is -2.55. The molecule has 0 heterocycles. The molecule has 2 aliphatic rings. The summed E-state index contributed by atoms with van der Waals surface area (Å²) in [5.41, 5.74) is 4.35. The van der Waals surface area contributed by atoms with E-state index in [2.05, 4.69) is 50.6 Å². The van der Waals surface area contributed by atoms with Crippen LogP contribution in [0.25, 0.3) is 10.8 Å². The number of methoxy groups -OCH3 is 1. The summed E-state index contributed by atoms with van der Waals surface area (Å²) < 4.78 is 35.8. The number of nitrogens with one attached hydrogen (secondary N) is 1. The van der Waals surface area contributed by atoms with Crippen LogP contribution in [0.5, 0.6) is 5.75 Å². The van der Waals surface area contributed by atoms with E-state index in [-0.39, 0.29) is 10.8 Å². The summed E-state index contributed by atoms with van der Waals surface area (Å²) in [7, 11) is -2.08. The summed E-state index contributed by atoms with van der Waals surface area (Å²) in [6, 6.07) is 18.1. The number of aryl methyl sites for hydroxylation is 1. The molecule has 0 aliphatic heterocycles. The zero-order chi connectivity index (χ0) is 25.7. The Morgan fingerprint density at radius 2 is 1.78 bits per heavy atom. The van der Waals surface area contributed by atoms with Gasteiger partial charge in [0.25, 0.3) is 0 Å². The van der Waals surface area contributed by atoms with Gasteiger partial charge in [0.05, 0.1) is 12.0 Å². The van der Waals surface area contributed by atoms with Crippen molar-refractivity contribution in [3.63, 3.8) is 0 Å². The van der Waals surface area contributed by atoms with Gasteiger partial charge in [-0.15, -0.1) is 0 Å². The molecule has 0 radical (unpaired) electrons. The van der Waals surface area contributed by atoms with E-state index in [0.717, 1.165) is 37.5 Å². The van der Waals surface area contributed by atoms with Crippen LogP contribution < -0.4 is 9.46 Å². The first kappa shape index (κ1) is 25.3. The van der Waals surface area contributed by atoms with E-state index >= 15 is 0 Å². The van der Waals surface area contributed by atoms with Crippen molar-refractivity contribution in [3.05, 3.63) is 71.3 Å². The SMILES string of the molecule is COc1ccc(S(=O)(=O)NC[C@@]2(C)CCC[C@]3(C)c4cc(C(C)C)ccc4CC[C@@H]23)c2ccccc12. The molecule has 3 aromatic carbocycles. The van der Waals surface area contributed by atoms with Crippen molar-refractivity contribution >= 4 is 20.8 Å². The molecule has 36 heavy (non-hydrogen) atoms. The van der Waals surface area contributed by atoms with E-state index in [1.807, 2.05) is 24.3 Å². The van der Waals surface area contributed by atoms with E-state index in [1.165, 1.54) is 16.7 Å². The first-order chi connectivity index (χ1) is 17.1. The van der Waals surface area contributed by atoms with Crippen LogP contribution in [0.4, 0.5) is 0 Å². The molecule has 0 unspecified atom stereocenters. The molecular formula is C31H39NO3S. The molecule has 192 valence electrons. The van der Waals surface area contributed by atoms with Crippen LogP contribution in [0.15, 0.2) is 59.5 Å². The van der Waals surface area contributed by atoms with Gasteiger partial charge in [-0.05, 0) is 77.2 Å². The van der Waals surface area contributed by atoms with Crippen LogP contribution in [-0.4, -0.2) is 22.1 Å². The Labute approximate surface area is 216 Å². The van der Waals surface area contributed by atoms with Gasteiger partial charge in [0.2, 0.25) is 10.0 Å². The monoisotopic (exact) mass is 505 g/mol. The van der Waals surface area contributed by atoms with Crippen molar-refractivity contribution < 1.29 is 13.2 Å². The predicted octanol–water partition coefficient (Wildman–Crippen LogP) is 6.96. The van der Waals surface area contributed by atoms with Gasteiger partial charge in [0.1, 0.15) is 5.75 Å². The second kappa shape index (κ2) is 9.18. The zero-order valence-corrected chi connectivity index (χ0v) is 23.0. The number of hydrogen-bond donors (Lipinski definition) is 1. The topological polar surface area (TPSA) is 55.4 Å². The Bertz CT molecular complexity index is 1400. The fourth-order valence-corrected chi connectivity index (χ4v) is 8.56. The smallest absolute Gasteiger partial charge is 0.241 e. The summed E-state index contributed by atoms with van der Waals surface area (Å²) in [5, 5.41) is 1.50. The Hall–Kier alpha value is -2.37. The average molecular weight is 506 g/mol. The van der Waals surface area contributed by atoms with Crippen LogP contribution in [-0.2, 0) is 21.9 Å². The molecule has 0 aromatic heterocycles. The zero-order valence-electron chi connectivity index (χ0n) is 22.2. The van der Waals surface area contributed by atoms with Gasteiger partial charge in [0.15, 0.2) is 0 Å².